The van der Waals surface area contributed by atoms with Gasteiger partial charge in [0.05, 0.1) is 25.4 Å². The van der Waals surface area contributed by atoms with Crippen LogP contribution in [0.15, 0.2) is 18.5 Å². The molecule has 2 aromatic rings. The van der Waals surface area contributed by atoms with Crippen LogP contribution < -0.4 is 10.1 Å². The average Bonchev–Trinajstić information content (AvgIpc) is 3.00. The van der Waals surface area contributed by atoms with Crippen LogP contribution in [0.25, 0.3) is 0 Å². The fraction of sp³-hybridized carbons (Fsp3) is 0.467. The fourth-order valence-electron chi connectivity index (χ4n) is 2.92. The lowest BCUT2D eigenvalue weighted by Crippen LogP contribution is -2.30. The minimum absolute atomic E-state index is 0.0821. The van der Waals surface area contributed by atoms with E-state index in [-0.39, 0.29) is 18.0 Å². The van der Waals surface area contributed by atoms with E-state index < -0.39 is 0 Å². The molecule has 1 aliphatic heterocycles. The Hall–Kier alpha value is -2.64. The van der Waals surface area contributed by atoms with Gasteiger partial charge in [-0.2, -0.15) is 10.1 Å². The molecular weight excluding hydrogens is 296 g/mol. The van der Waals surface area contributed by atoms with E-state index in [9.17, 15) is 4.79 Å². The Morgan fingerprint density at radius 1 is 1.39 bits per heavy atom. The van der Waals surface area contributed by atoms with Crippen molar-refractivity contribution in [2.24, 2.45) is 7.05 Å². The smallest absolute Gasteiger partial charge is 0.226 e. The second-order valence-electron chi connectivity index (χ2n) is 5.64. The largest absolute Gasteiger partial charge is 0.481 e. The molecule has 1 amide bonds. The fourth-order valence-corrected chi connectivity index (χ4v) is 2.92. The number of likely N-dealkylation sites (tertiary alicyclic amines) is 1. The molecule has 3 rings (SSSR count). The number of ether oxygens (including phenoxy) is 1. The molecule has 1 fully saturated rings. The number of hydrogen-bond acceptors (Lipinski definition) is 6. The minimum atomic E-state index is -0.123. The topological polar surface area (TPSA) is 85.2 Å². The number of amides is 1. The predicted molar refractivity (Wildman–Crippen MR) is 84.1 cm³/mol. The molecule has 8 heteroatoms. The normalized spacial score (nSPS) is 20.9. The zero-order chi connectivity index (χ0) is 16.6. The van der Waals surface area contributed by atoms with Crippen molar-refractivity contribution < 1.29 is 9.53 Å². The third-order valence-corrected chi connectivity index (χ3v) is 4.33. The lowest BCUT2D eigenvalue weighted by atomic mass is 10.0. The average molecular weight is 316 g/mol. The highest BCUT2D eigenvalue weighted by atomic mass is 16.5. The number of aromatic nitrogens is 4. The summed E-state index contributed by atoms with van der Waals surface area (Å²) in [6.07, 6.45) is 3.82. The van der Waals surface area contributed by atoms with Crippen LogP contribution in [0.2, 0.25) is 0 Å². The molecule has 0 radical (unpaired) electrons. The number of rotatable bonds is 4. The maximum atomic E-state index is 12.2. The number of nitrogens with zero attached hydrogens (tertiary/aromatic N) is 5. The van der Waals surface area contributed by atoms with E-state index in [1.54, 1.807) is 24.3 Å². The highest BCUT2D eigenvalue weighted by molar-refractivity contribution is 5.80. The van der Waals surface area contributed by atoms with Crippen LogP contribution in [0.5, 0.6) is 5.88 Å². The van der Waals surface area contributed by atoms with Gasteiger partial charge in [-0.15, -0.1) is 0 Å². The van der Waals surface area contributed by atoms with Gasteiger partial charge in [-0.05, 0) is 6.92 Å². The second kappa shape index (κ2) is 5.86. The third-order valence-electron chi connectivity index (χ3n) is 4.33. The van der Waals surface area contributed by atoms with E-state index in [1.807, 2.05) is 31.9 Å². The summed E-state index contributed by atoms with van der Waals surface area (Å²) < 4.78 is 6.92. The third kappa shape index (κ3) is 2.71. The molecule has 0 spiro atoms. The first-order valence-electron chi connectivity index (χ1n) is 7.39. The summed E-state index contributed by atoms with van der Waals surface area (Å²) in [7, 11) is 5.26. The molecule has 2 atom stereocenters. The van der Waals surface area contributed by atoms with Gasteiger partial charge in [0.2, 0.25) is 17.7 Å². The van der Waals surface area contributed by atoms with E-state index in [1.165, 1.54) is 0 Å². The summed E-state index contributed by atoms with van der Waals surface area (Å²) >= 11 is 0. The molecule has 122 valence electrons. The van der Waals surface area contributed by atoms with Crippen LogP contribution in [0.1, 0.15) is 23.7 Å². The van der Waals surface area contributed by atoms with Gasteiger partial charge in [-0.1, -0.05) is 0 Å². The van der Waals surface area contributed by atoms with Gasteiger partial charge in [-0.3, -0.25) is 9.48 Å². The first-order chi connectivity index (χ1) is 11.0. The summed E-state index contributed by atoms with van der Waals surface area (Å²) in [5.74, 6) is 1.01. The summed E-state index contributed by atoms with van der Waals surface area (Å²) in [5.41, 5.74) is 2.07. The van der Waals surface area contributed by atoms with Gasteiger partial charge >= 0.3 is 0 Å². The SMILES string of the molecule is COc1ccnc(N[C@@H]2CC(=O)N(C)[C@H]2c2cnn(C)c2C)n1. The summed E-state index contributed by atoms with van der Waals surface area (Å²) in [5, 5.41) is 7.55. The maximum Gasteiger partial charge on any atom is 0.226 e. The van der Waals surface area contributed by atoms with Crippen LogP contribution in [-0.2, 0) is 11.8 Å². The zero-order valence-electron chi connectivity index (χ0n) is 13.6. The Kier molecular flexibility index (Phi) is 3.89. The Morgan fingerprint density at radius 2 is 2.17 bits per heavy atom. The van der Waals surface area contributed by atoms with Crippen LogP contribution in [0.4, 0.5) is 5.95 Å². The van der Waals surface area contributed by atoms with E-state index in [4.69, 9.17) is 4.74 Å². The predicted octanol–water partition coefficient (Wildman–Crippen LogP) is 0.911. The zero-order valence-corrected chi connectivity index (χ0v) is 13.6. The van der Waals surface area contributed by atoms with Gasteiger partial charge in [0.1, 0.15) is 0 Å². The van der Waals surface area contributed by atoms with Gasteiger partial charge in [0.15, 0.2) is 0 Å². The van der Waals surface area contributed by atoms with Gasteiger partial charge in [-0.25, -0.2) is 4.98 Å². The number of hydrogen-bond donors (Lipinski definition) is 1. The summed E-state index contributed by atoms with van der Waals surface area (Å²) in [4.78, 5) is 22.4. The Balaban J connectivity index is 1.90. The molecule has 8 nitrogen and oxygen atoms in total. The van der Waals surface area contributed by atoms with E-state index in [2.05, 4.69) is 20.4 Å². The second-order valence-corrected chi connectivity index (χ2v) is 5.64. The molecule has 3 heterocycles. The van der Waals surface area contributed by atoms with Crippen molar-refractivity contribution in [1.82, 2.24) is 24.6 Å². The molecule has 0 saturated carbocycles. The van der Waals surface area contributed by atoms with Crippen molar-refractivity contribution in [1.29, 1.82) is 0 Å². The molecule has 23 heavy (non-hydrogen) atoms. The molecule has 1 saturated heterocycles. The highest BCUT2D eigenvalue weighted by Crippen LogP contribution is 2.34. The lowest BCUT2D eigenvalue weighted by molar-refractivity contribution is -0.127. The molecule has 0 aliphatic carbocycles. The molecule has 2 aromatic heterocycles. The number of carbonyl (C=O) groups is 1. The molecule has 1 aliphatic rings. The van der Waals surface area contributed by atoms with E-state index in [0.29, 0.717) is 18.2 Å². The monoisotopic (exact) mass is 316 g/mol. The molecule has 0 aromatic carbocycles. The Morgan fingerprint density at radius 3 is 2.83 bits per heavy atom. The van der Waals surface area contributed by atoms with Crippen LogP contribution in [0, 0.1) is 6.92 Å². The number of carbonyl (C=O) groups excluding carboxylic acids is 1. The molecule has 0 bridgehead atoms. The number of likely N-dealkylation sites (N-methyl/N-ethyl adjacent to an activating group) is 1. The molecular formula is C15H20N6O2. The highest BCUT2D eigenvalue weighted by Gasteiger charge is 2.40. The van der Waals surface area contributed by atoms with Crippen molar-refractivity contribution in [3.8, 4) is 5.88 Å². The van der Waals surface area contributed by atoms with Crippen LogP contribution in [0.3, 0.4) is 0 Å². The lowest BCUT2D eigenvalue weighted by Gasteiger charge is -2.25. The van der Waals surface area contributed by atoms with Crippen molar-refractivity contribution in [2.75, 3.05) is 19.5 Å². The maximum absolute atomic E-state index is 12.2. The first-order valence-corrected chi connectivity index (χ1v) is 7.39. The summed E-state index contributed by atoms with van der Waals surface area (Å²) in [6, 6.07) is 1.45. The number of nitrogens with one attached hydrogen (secondary N) is 1. The van der Waals surface area contributed by atoms with Crippen molar-refractivity contribution in [2.45, 2.75) is 25.4 Å². The van der Waals surface area contributed by atoms with Crippen LogP contribution >= 0.6 is 0 Å². The first kappa shape index (κ1) is 15.3. The van der Waals surface area contributed by atoms with Crippen molar-refractivity contribution in [3.05, 3.63) is 29.7 Å². The minimum Gasteiger partial charge on any atom is -0.481 e. The standard InChI is InChI=1S/C15H20N6O2/c1-9-10(8-17-21(9)3)14-11(7-13(22)20(14)2)18-15-16-6-5-12(19-15)23-4/h5-6,8,11,14H,7H2,1-4H3,(H,16,18,19)/t11-,14+/m1/s1. The quantitative estimate of drug-likeness (QED) is 0.902. The Labute approximate surface area is 134 Å². The molecule has 1 N–H and O–H groups in total. The number of methoxy groups -OCH3 is 1. The number of aryl methyl sites for hydroxylation is 1. The summed E-state index contributed by atoms with van der Waals surface area (Å²) in [6.45, 7) is 2.00. The Bertz CT molecular complexity index is 729. The van der Waals surface area contributed by atoms with Crippen molar-refractivity contribution >= 4 is 11.9 Å². The number of anilines is 1. The van der Waals surface area contributed by atoms with Crippen LogP contribution in [-0.4, -0.2) is 50.8 Å². The van der Waals surface area contributed by atoms with E-state index in [0.717, 1.165) is 11.3 Å². The van der Waals surface area contributed by atoms with E-state index >= 15 is 0 Å². The van der Waals surface area contributed by atoms with Gasteiger partial charge in [0.25, 0.3) is 0 Å². The van der Waals surface area contributed by atoms with Crippen molar-refractivity contribution in [3.63, 3.8) is 0 Å². The van der Waals surface area contributed by atoms with Gasteiger partial charge in [0, 0.05) is 44.0 Å². The van der Waals surface area contributed by atoms with Gasteiger partial charge < -0.3 is 15.0 Å². The molecule has 0 unspecified atom stereocenters.